The van der Waals surface area contributed by atoms with Crippen molar-refractivity contribution in [2.45, 2.75) is 6.92 Å². The Hall–Kier alpha value is -2.27. The van der Waals surface area contributed by atoms with Gasteiger partial charge < -0.3 is 14.8 Å². The fraction of sp³-hybridized carbons (Fsp3) is 0.167. The Morgan fingerprint density at radius 3 is 2.70 bits per heavy atom. The normalized spacial score (nSPS) is 10.0. The summed E-state index contributed by atoms with van der Waals surface area (Å²) in [4.78, 5) is 12.4. The van der Waals surface area contributed by atoms with E-state index in [0.29, 0.717) is 36.0 Å². The van der Waals surface area contributed by atoms with Crippen LogP contribution in [0.1, 0.15) is 17.3 Å². The molecule has 0 aromatic heterocycles. The number of hydrogen-bond acceptors (Lipinski definition) is 3. The van der Waals surface area contributed by atoms with Gasteiger partial charge in [-0.25, -0.2) is 0 Å². The molecule has 2 aromatic carbocycles. The van der Waals surface area contributed by atoms with Crippen LogP contribution in [0, 0.1) is 0 Å². The highest BCUT2D eigenvalue weighted by Crippen LogP contribution is 2.29. The minimum atomic E-state index is -0.215. The summed E-state index contributed by atoms with van der Waals surface area (Å²) in [7, 11) is 0. The van der Waals surface area contributed by atoms with Crippen molar-refractivity contribution < 1.29 is 14.3 Å². The van der Waals surface area contributed by atoms with Crippen LogP contribution in [0.15, 0.2) is 59.6 Å². The third-order valence-corrected chi connectivity index (χ3v) is 3.68. The number of hydrogen-bond donors (Lipinski definition) is 1. The van der Waals surface area contributed by atoms with Crippen LogP contribution in [-0.4, -0.2) is 19.1 Å². The second-order valence-electron chi connectivity index (χ2n) is 4.63. The van der Waals surface area contributed by atoms with E-state index < -0.39 is 0 Å². The largest absolute Gasteiger partial charge is 0.490 e. The Labute approximate surface area is 144 Å². The number of benzene rings is 2. The second-order valence-corrected chi connectivity index (χ2v) is 5.48. The predicted molar refractivity (Wildman–Crippen MR) is 95.4 cm³/mol. The summed E-state index contributed by atoms with van der Waals surface area (Å²) >= 11 is 3.41. The van der Waals surface area contributed by atoms with Crippen LogP contribution >= 0.6 is 15.9 Å². The molecule has 1 N–H and O–H groups in total. The van der Waals surface area contributed by atoms with Crippen molar-refractivity contribution in [3.8, 4) is 11.5 Å². The van der Waals surface area contributed by atoms with Crippen LogP contribution in [-0.2, 0) is 0 Å². The quantitative estimate of drug-likeness (QED) is 0.715. The molecule has 23 heavy (non-hydrogen) atoms. The molecule has 0 aliphatic carbocycles. The summed E-state index contributed by atoms with van der Waals surface area (Å²) in [5.74, 6) is 0.909. The smallest absolute Gasteiger partial charge is 0.255 e. The molecule has 1 amide bonds. The monoisotopic (exact) mass is 375 g/mol. The average molecular weight is 376 g/mol. The molecule has 0 spiro atoms. The molecule has 0 aliphatic rings. The van der Waals surface area contributed by atoms with Crippen LogP contribution in [0.4, 0.5) is 5.69 Å². The van der Waals surface area contributed by atoms with E-state index in [0.717, 1.165) is 4.47 Å². The maximum atomic E-state index is 12.4. The third kappa shape index (κ3) is 4.60. The molecule has 0 atom stereocenters. The van der Waals surface area contributed by atoms with Crippen LogP contribution < -0.4 is 14.8 Å². The number of ether oxygens (including phenoxy) is 2. The Morgan fingerprint density at radius 2 is 2.00 bits per heavy atom. The number of para-hydroxylation sites is 1. The van der Waals surface area contributed by atoms with Crippen molar-refractivity contribution in [2.24, 2.45) is 0 Å². The van der Waals surface area contributed by atoms with Gasteiger partial charge in [0.25, 0.3) is 5.91 Å². The van der Waals surface area contributed by atoms with Crippen LogP contribution in [0.3, 0.4) is 0 Å². The first kappa shape index (κ1) is 17.1. The van der Waals surface area contributed by atoms with Gasteiger partial charge in [-0.15, -0.1) is 0 Å². The summed E-state index contributed by atoms with van der Waals surface area (Å²) in [5, 5.41) is 2.86. The standard InChI is InChI=1S/C18H18BrNO3/c1-3-11-23-16-10-9-13(12-17(16)22-4-2)18(21)20-15-8-6-5-7-14(15)19/h3,5-10,12H,1,4,11H2,2H3,(H,20,21). The van der Waals surface area contributed by atoms with Gasteiger partial charge in [-0.05, 0) is 53.2 Å². The number of amides is 1. The summed E-state index contributed by atoms with van der Waals surface area (Å²) < 4.78 is 11.9. The Kier molecular flexibility index (Phi) is 6.23. The van der Waals surface area contributed by atoms with E-state index >= 15 is 0 Å². The topological polar surface area (TPSA) is 47.6 Å². The molecular weight excluding hydrogens is 358 g/mol. The SMILES string of the molecule is C=CCOc1ccc(C(=O)Nc2ccccc2Br)cc1OCC. The zero-order valence-electron chi connectivity index (χ0n) is 12.8. The lowest BCUT2D eigenvalue weighted by atomic mass is 10.2. The number of anilines is 1. The predicted octanol–water partition coefficient (Wildman–Crippen LogP) is 4.66. The third-order valence-electron chi connectivity index (χ3n) is 2.98. The summed E-state index contributed by atoms with van der Waals surface area (Å²) in [6, 6.07) is 12.5. The Bertz CT molecular complexity index is 700. The zero-order valence-corrected chi connectivity index (χ0v) is 14.4. The lowest BCUT2D eigenvalue weighted by Gasteiger charge is -2.13. The van der Waals surface area contributed by atoms with Gasteiger partial charge >= 0.3 is 0 Å². The van der Waals surface area contributed by atoms with Gasteiger partial charge in [-0.1, -0.05) is 24.8 Å². The number of carbonyl (C=O) groups is 1. The number of halogens is 1. The molecule has 0 saturated heterocycles. The molecule has 0 heterocycles. The molecule has 0 radical (unpaired) electrons. The zero-order chi connectivity index (χ0) is 16.7. The van der Waals surface area contributed by atoms with Crippen molar-refractivity contribution >= 4 is 27.5 Å². The molecule has 0 bridgehead atoms. The molecule has 5 heteroatoms. The fourth-order valence-corrected chi connectivity index (χ4v) is 2.33. The molecule has 0 unspecified atom stereocenters. The van der Waals surface area contributed by atoms with E-state index in [2.05, 4.69) is 27.8 Å². The van der Waals surface area contributed by atoms with E-state index in [1.54, 1.807) is 24.3 Å². The van der Waals surface area contributed by atoms with E-state index in [1.165, 1.54) is 0 Å². The second kappa shape index (κ2) is 8.39. The van der Waals surface area contributed by atoms with E-state index in [9.17, 15) is 4.79 Å². The Balaban J connectivity index is 2.21. The molecule has 0 fully saturated rings. The van der Waals surface area contributed by atoms with Crippen molar-refractivity contribution in [3.63, 3.8) is 0 Å². The van der Waals surface area contributed by atoms with Crippen LogP contribution in [0.2, 0.25) is 0 Å². The van der Waals surface area contributed by atoms with E-state index in [4.69, 9.17) is 9.47 Å². The molecule has 4 nitrogen and oxygen atoms in total. The number of carbonyl (C=O) groups excluding carboxylic acids is 1. The van der Waals surface area contributed by atoms with Crippen LogP contribution in [0.25, 0.3) is 0 Å². The van der Waals surface area contributed by atoms with E-state index in [-0.39, 0.29) is 5.91 Å². The van der Waals surface area contributed by atoms with Crippen molar-refractivity contribution in [3.05, 3.63) is 65.2 Å². The molecule has 0 aliphatic heterocycles. The Morgan fingerprint density at radius 1 is 1.22 bits per heavy atom. The fourth-order valence-electron chi connectivity index (χ4n) is 1.94. The number of rotatable bonds is 7. The maximum Gasteiger partial charge on any atom is 0.255 e. The van der Waals surface area contributed by atoms with E-state index in [1.807, 2.05) is 31.2 Å². The maximum absolute atomic E-state index is 12.4. The minimum Gasteiger partial charge on any atom is -0.490 e. The molecule has 2 rings (SSSR count). The number of nitrogens with one attached hydrogen (secondary N) is 1. The first-order valence-electron chi connectivity index (χ1n) is 7.22. The lowest BCUT2D eigenvalue weighted by molar-refractivity contribution is 0.102. The van der Waals surface area contributed by atoms with Gasteiger partial charge in [0.2, 0.25) is 0 Å². The van der Waals surface area contributed by atoms with Gasteiger partial charge in [0.05, 0.1) is 12.3 Å². The molecular formula is C18H18BrNO3. The average Bonchev–Trinajstić information content (AvgIpc) is 2.56. The van der Waals surface area contributed by atoms with Gasteiger partial charge in [0.1, 0.15) is 6.61 Å². The first-order valence-corrected chi connectivity index (χ1v) is 8.01. The highest BCUT2D eigenvalue weighted by Gasteiger charge is 2.12. The summed E-state index contributed by atoms with van der Waals surface area (Å²) in [6.07, 6.45) is 1.66. The van der Waals surface area contributed by atoms with Crippen molar-refractivity contribution in [1.29, 1.82) is 0 Å². The minimum absolute atomic E-state index is 0.215. The lowest BCUT2D eigenvalue weighted by Crippen LogP contribution is -2.12. The first-order chi connectivity index (χ1) is 11.2. The van der Waals surface area contributed by atoms with Crippen LogP contribution in [0.5, 0.6) is 11.5 Å². The van der Waals surface area contributed by atoms with Crippen molar-refractivity contribution in [1.82, 2.24) is 0 Å². The summed E-state index contributed by atoms with van der Waals surface area (Å²) in [6.45, 7) is 6.36. The van der Waals surface area contributed by atoms with Gasteiger partial charge in [0, 0.05) is 10.0 Å². The highest BCUT2D eigenvalue weighted by atomic mass is 79.9. The highest BCUT2D eigenvalue weighted by molar-refractivity contribution is 9.10. The molecule has 120 valence electrons. The van der Waals surface area contributed by atoms with Gasteiger partial charge in [0.15, 0.2) is 11.5 Å². The van der Waals surface area contributed by atoms with Gasteiger partial charge in [-0.3, -0.25) is 4.79 Å². The van der Waals surface area contributed by atoms with Crippen molar-refractivity contribution in [2.75, 3.05) is 18.5 Å². The summed E-state index contributed by atoms with van der Waals surface area (Å²) in [5.41, 5.74) is 1.21. The molecule has 2 aromatic rings. The van der Waals surface area contributed by atoms with Gasteiger partial charge in [-0.2, -0.15) is 0 Å². The molecule has 0 saturated carbocycles.